The van der Waals surface area contributed by atoms with Gasteiger partial charge in [0.05, 0.1) is 11.5 Å². The maximum Gasteiger partial charge on any atom is 0.223 e. The normalized spacial score (nSPS) is 24.4. The van der Waals surface area contributed by atoms with Crippen LogP contribution in [-0.4, -0.2) is 47.5 Å². The number of aromatic nitrogens is 1. The first-order valence-corrected chi connectivity index (χ1v) is 11.8. The SMILES string of the molecule is CC(C)(C)NC(=O)[C@H]1C[C@@H](S(=O)(=O)N2CCC(c3coc4cccnc34)CC2)C1. The lowest BCUT2D eigenvalue weighted by molar-refractivity contribution is -0.128. The number of rotatable bonds is 4. The summed E-state index contributed by atoms with van der Waals surface area (Å²) in [6, 6.07) is 3.74. The first-order valence-electron chi connectivity index (χ1n) is 10.3. The number of furan rings is 1. The molecule has 1 N–H and O–H groups in total. The zero-order valence-electron chi connectivity index (χ0n) is 17.2. The van der Waals surface area contributed by atoms with Gasteiger partial charge in [0.2, 0.25) is 15.9 Å². The van der Waals surface area contributed by atoms with E-state index in [1.807, 2.05) is 32.9 Å². The van der Waals surface area contributed by atoms with Crippen LogP contribution in [0.3, 0.4) is 0 Å². The molecule has 0 unspecified atom stereocenters. The Labute approximate surface area is 171 Å². The molecule has 3 heterocycles. The fraction of sp³-hybridized carbons (Fsp3) is 0.619. The van der Waals surface area contributed by atoms with E-state index >= 15 is 0 Å². The van der Waals surface area contributed by atoms with Crippen LogP contribution in [0, 0.1) is 5.92 Å². The zero-order valence-corrected chi connectivity index (χ0v) is 18.0. The summed E-state index contributed by atoms with van der Waals surface area (Å²) in [7, 11) is -3.36. The average molecular weight is 420 g/mol. The fourth-order valence-electron chi connectivity index (χ4n) is 4.30. The van der Waals surface area contributed by atoms with Crippen LogP contribution in [0.2, 0.25) is 0 Å². The number of sulfonamides is 1. The summed E-state index contributed by atoms with van der Waals surface area (Å²) in [5, 5.41) is 2.51. The molecule has 0 aromatic carbocycles. The van der Waals surface area contributed by atoms with Gasteiger partial charge in [-0.05, 0) is 64.5 Å². The van der Waals surface area contributed by atoms with Crippen molar-refractivity contribution in [2.45, 2.75) is 63.2 Å². The van der Waals surface area contributed by atoms with Crippen LogP contribution in [0.4, 0.5) is 0 Å². The number of carbonyl (C=O) groups excluding carboxylic acids is 1. The minimum Gasteiger partial charge on any atom is -0.462 e. The standard InChI is InChI=1S/C21H29N3O4S/c1-21(2,3)23-20(25)15-11-16(12-15)29(26,27)24-9-6-14(7-10-24)17-13-28-18-5-4-8-22-19(17)18/h4-5,8,13-16H,6-7,9-12H2,1-3H3,(H,23,25)/t15-,16+. The molecule has 8 heteroatoms. The molecule has 1 saturated heterocycles. The van der Waals surface area contributed by atoms with Gasteiger partial charge >= 0.3 is 0 Å². The van der Waals surface area contributed by atoms with Crippen LogP contribution in [0.15, 0.2) is 29.0 Å². The molecule has 0 spiro atoms. The molecule has 2 aromatic rings. The molecule has 29 heavy (non-hydrogen) atoms. The smallest absolute Gasteiger partial charge is 0.223 e. The van der Waals surface area contributed by atoms with Gasteiger partial charge in [-0.3, -0.25) is 9.78 Å². The van der Waals surface area contributed by atoms with Crippen LogP contribution >= 0.6 is 0 Å². The monoisotopic (exact) mass is 419 g/mol. The maximum absolute atomic E-state index is 13.0. The third-order valence-corrected chi connectivity index (χ3v) is 8.31. The number of nitrogens with zero attached hydrogens (tertiary/aromatic N) is 2. The Hall–Kier alpha value is -1.93. The highest BCUT2D eigenvalue weighted by molar-refractivity contribution is 7.89. The van der Waals surface area contributed by atoms with Crippen LogP contribution in [-0.2, 0) is 14.8 Å². The van der Waals surface area contributed by atoms with Gasteiger partial charge < -0.3 is 9.73 Å². The van der Waals surface area contributed by atoms with Crippen molar-refractivity contribution in [3.63, 3.8) is 0 Å². The Bertz CT molecular complexity index is 994. The molecule has 2 aliphatic rings. The topological polar surface area (TPSA) is 92.5 Å². The molecule has 2 aromatic heterocycles. The number of fused-ring (bicyclic) bond motifs is 1. The lowest BCUT2D eigenvalue weighted by Gasteiger charge is -2.40. The molecule has 0 radical (unpaired) electrons. The molecule has 1 aliphatic carbocycles. The number of hydrogen-bond acceptors (Lipinski definition) is 5. The van der Waals surface area contributed by atoms with Gasteiger partial charge in [0.25, 0.3) is 0 Å². The number of piperidine rings is 1. The van der Waals surface area contributed by atoms with E-state index in [2.05, 4.69) is 10.3 Å². The van der Waals surface area contributed by atoms with E-state index in [-0.39, 0.29) is 23.3 Å². The number of amides is 1. The van der Waals surface area contributed by atoms with E-state index in [4.69, 9.17) is 4.42 Å². The quantitative estimate of drug-likeness (QED) is 0.822. The van der Waals surface area contributed by atoms with Crippen LogP contribution in [0.1, 0.15) is 57.9 Å². The summed E-state index contributed by atoms with van der Waals surface area (Å²) >= 11 is 0. The Balaban J connectivity index is 1.34. The first-order chi connectivity index (χ1) is 13.6. The minimum atomic E-state index is -3.36. The number of nitrogens with one attached hydrogen (secondary N) is 1. The summed E-state index contributed by atoms with van der Waals surface area (Å²) in [5.74, 6) is 0.0150. The number of hydrogen-bond donors (Lipinski definition) is 1. The maximum atomic E-state index is 13.0. The van der Waals surface area contributed by atoms with E-state index in [9.17, 15) is 13.2 Å². The molecule has 1 amide bonds. The molecule has 0 atom stereocenters. The Morgan fingerprint density at radius 1 is 1.24 bits per heavy atom. The average Bonchev–Trinajstić information content (AvgIpc) is 3.03. The Kier molecular flexibility index (Phi) is 5.19. The van der Waals surface area contributed by atoms with Crippen molar-refractivity contribution in [1.82, 2.24) is 14.6 Å². The van der Waals surface area contributed by atoms with E-state index < -0.39 is 15.3 Å². The highest BCUT2D eigenvalue weighted by Crippen LogP contribution is 2.38. The van der Waals surface area contributed by atoms with E-state index in [1.54, 1.807) is 16.8 Å². The van der Waals surface area contributed by atoms with Crippen molar-refractivity contribution < 1.29 is 17.6 Å². The van der Waals surface area contributed by atoms with Crippen LogP contribution in [0.25, 0.3) is 11.1 Å². The minimum absolute atomic E-state index is 0.0398. The first kappa shape index (κ1) is 20.3. The number of pyridine rings is 1. The summed E-state index contributed by atoms with van der Waals surface area (Å²) in [5.41, 5.74) is 2.42. The fourth-order valence-corrected chi connectivity index (χ4v) is 6.39. The van der Waals surface area contributed by atoms with Crippen molar-refractivity contribution in [2.24, 2.45) is 5.92 Å². The molecular weight excluding hydrogens is 390 g/mol. The number of carbonyl (C=O) groups is 1. The van der Waals surface area contributed by atoms with Crippen molar-refractivity contribution in [1.29, 1.82) is 0 Å². The predicted molar refractivity (Wildman–Crippen MR) is 111 cm³/mol. The van der Waals surface area contributed by atoms with Gasteiger partial charge in [0, 0.05) is 36.3 Å². The van der Waals surface area contributed by atoms with Crippen LogP contribution in [0.5, 0.6) is 0 Å². The van der Waals surface area contributed by atoms with Gasteiger partial charge in [0.1, 0.15) is 5.52 Å². The van der Waals surface area contributed by atoms with Gasteiger partial charge in [0.15, 0.2) is 5.58 Å². The molecule has 1 aliphatic heterocycles. The highest BCUT2D eigenvalue weighted by Gasteiger charge is 2.46. The zero-order chi connectivity index (χ0) is 20.8. The van der Waals surface area contributed by atoms with Crippen molar-refractivity contribution in [3.05, 3.63) is 30.2 Å². The van der Waals surface area contributed by atoms with Crippen molar-refractivity contribution in [3.8, 4) is 0 Å². The Morgan fingerprint density at radius 3 is 2.59 bits per heavy atom. The molecule has 4 rings (SSSR count). The van der Waals surface area contributed by atoms with E-state index in [0.717, 1.165) is 29.5 Å². The molecule has 0 bridgehead atoms. The molecule has 7 nitrogen and oxygen atoms in total. The second kappa shape index (κ2) is 7.40. The summed E-state index contributed by atoms with van der Waals surface area (Å²) in [6.45, 7) is 6.80. The third-order valence-electron chi connectivity index (χ3n) is 6.00. The summed E-state index contributed by atoms with van der Waals surface area (Å²) in [4.78, 5) is 16.7. The van der Waals surface area contributed by atoms with Gasteiger partial charge in [-0.25, -0.2) is 12.7 Å². The third kappa shape index (κ3) is 4.05. The Morgan fingerprint density at radius 2 is 1.93 bits per heavy atom. The lowest BCUT2D eigenvalue weighted by Crippen LogP contribution is -2.53. The predicted octanol–water partition coefficient (Wildman–Crippen LogP) is 3.03. The summed E-state index contributed by atoms with van der Waals surface area (Å²) < 4.78 is 33.2. The largest absolute Gasteiger partial charge is 0.462 e. The summed E-state index contributed by atoms with van der Waals surface area (Å²) in [6.07, 6.45) is 5.86. The van der Waals surface area contributed by atoms with Crippen molar-refractivity contribution in [2.75, 3.05) is 13.1 Å². The molecule has 1 saturated carbocycles. The van der Waals surface area contributed by atoms with Crippen molar-refractivity contribution >= 4 is 27.0 Å². The van der Waals surface area contributed by atoms with E-state index in [1.165, 1.54) is 0 Å². The highest BCUT2D eigenvalue weighted by atomic mass is 32.2. The molecule has 2 fully saturated rings. The lowest BCUT2D eigenvalue weighted by atomic mass is 9.83. The second-order valence-electron chi connectivity index (χ2n) is 9.29. The van der Waals surface area contributed by atoms with Gasteiger partial charge in [-0.15, -0.1) is 0 Å². The van der Waals surface area contributed by atoms with Gasteiger partial charge in [-0.1, -0.05) is 0 Å². The second-order valence-corrected chi connectivity index (χ2v) is 11.5. The van der Waals surface area contributed by atoms with Crippen LogP contribution < -0.4 is 5.32 Å². The van der Waals surface area contributed by atoms with Gasteiger partial charge in [-0.2, -0.15) is 0 Å². The molecular formula is C21H29N3O4S. The molecule has 158 valence electrons. The van der Waals surface area contributed by atoms with E-state index in [0.29, 0.717) is 25.9 Å².